The van der Waals surface area contributed by atoms with Gasteiger partial charge in [-0.25, -0.2) is 0 Å². The van der Waals surface area contributed by atoms with E-state index in [0.29, 0.717) is 5.56 Å². The molecule has 410 valence electrons. The van der Waals surface area contributed by atoms with Crippen LogP contribution in [-0.4, -0.2) is 6.71 Å². The van der Waals surface area contributed by atoms with Crippen LogP contribution in [0.5, 0.6) is 0 Å². The molecule has 0 unspecified atom stereocenters. The smallest absolute Gasteiger partial charge is 0.252 e. The van der Waals surface area contributed by atoms with Gasteiger partial charge >= 0.3 is 0 Å². The predicted octanol–water partition coefficient (Wildman–Crippen LogP) is 20.2. The van der Waals surface area contributed by atoms with Gasteiger partial charge in [0, 0.05) is 33.9 Å². The fraction of sp³-hybridized carbons (Fsp3) is 0.308. The van der Waals surface area contributed by atoms with Gasteiger partial charge in [0.1, 0.15) is 0 Å². The van der Waals surface area contributed by atoms with Crippen molar-refractivity contribution in [2.24, 2.45) is 0 Å². The van der Waals surface area contributed by atoms with Gasteiger partial charge in [-0.2, -0.15) is 0 Å². The average molecular weight is 1070 g/mol. The molecule has 9 aromatic carbocycles. The van der Waals surface area contributed by atoms with Gasteiger partial charge in [-0.15, -0.1) is 0 Å². The number of hydrogen-bond donors (Lipinski definition) is 0. The van der Waals surface area contributed by atoms with Crippen molar-refractivity contribution in [1.82, 2.24) is 0 Å². The van der Waals surface area contributed by atoms with Gasteiger partial charge in [-0.05, 0) is 152 Å². The Morgan fingerprint density at radius 1 is 0.296 bits per heavy atom. The predicted molar refractivity (Wildman–Crippen MR) is 354 cm³/mol. The van der Waals surface area contributed by atoms with Crippen LogP contribution < -0.4 is 26.2 Å². The Morgan fingerprint density at radius 3 is 1.15 bits per heavy atom. The Bertz CT molecular complexity index is 4090. The summed E-state index contributed by atoms with van der Waals surface area (Å²) in [5, 5.41) is 0. The van der Waals surface area contributed by atoms with E-state index in [-0.39, 0.29) is 68.9 Å². The van der Waals surface area contributed by atoms with Crippen LogP contribution >= 0.6 is 0 Å². The maximum Gasteiger partial charge on any atom is 0.252 e. The minimum absolute atomic E-state index is 0.141. The maximum atomic E-state index is 9.68. The Kier molecular flexibility index (Phi) is 12.0. The van der Waals surface area contributed by atoms with Crippen molar-refractivity contribution in [3.05, 3.63) is 221 Å². The molecule has 81 heavy (non-hydrogen) atoms. The lowest BCUT2D eigenvalue weighted by Gasteiger charge is -2.45. The van der Waals surface area contributed by atoms with E-state index in [1.165, 1.54) is 44.4 Å². The van der Waals surface area contributed by atoms with Gasteiger partial charge < -0.3 is 9.80 Å². The number of hydrogen-bond acceptors (Lipinski definition) is 2. The quantitative estimate of drug-likeness (QED) is 0.153. The van der Waals surface area contributed by atoms with Gasteiger partial charge in [-0.1, -0.05) is 276 Å². The molecule has 0 N–H and O–H groups in total. The van der Waals surface area contributed by atoms with E-state index in [2.05, 4.69) is 292 Å². The molecule has 0 aromatic heterocycles. The minimum Gasteiger partial charge on any atom is -0.311 e. The normalized spacial score (nSPS) is 14.6. The van der Waals surface area contributed by atoms with Crippen LogP contribution in [0.25, 0.3) is 44.5 Å². The molecule has 2 nitrogen and oxygen atoms in total. The summed E-state index contributed by atoms with van der Waals surface area (Å²) >= 11 is 0. The van der Waals surface area contributed by atoms with Crippen LogP contribution in [0.3, 0.4) is 0 Å². The first-order valence-electron chi connectivity index (χ1n) is 31.8. The maximum absolute atomic E-state index is 9.68. The van der Waals surface area contributed by atoms with Crippen LogP contribution in [0.15, 0.2) is 188 Å². The Hall–Kier alpha value is -7.36. The van der Waals surface area contributed by atoms with Crippen LogP contribution in [0.1, 0.15) is 165 Å². The van der Waals surface area contributed by atoms with Crippen molar-refractivity contribution in [2.45, 2.75) is 157 Å². The summed E-state index contributed by atoms with van der Waals surface area (Å²) in [6.45, 7) is 40.9. The third kappa shape index (κ3) is 10.3. The lowest BCUT2D eigenvalue weighted by molar-refractivity contribution is 0.568. The number of rotatable bonds is 6. The molecule has 0 saturated heterocycles. The second-order valence-electron chi connectivity index (χ2n) is 29.3. The second-order valence-corrected chi connectivity index (χ2v) is 29.3. The molecule has 3 heteroatoms. The summed E-state index contributed by atoms with van der Waals surface area (Å²) in [6, 6.07) is 57.3. The zero-order valence-electron chi connectivity index (χ0n) is 56.5. The Morgan fingerprint density at radius 2 is 0.704 bits per heavy atom. The molecule has 0 aliphatic carbocycles. The molecule has 2 aliphatic heterocycles. The van der Waals surface area contributed by atoms with E-state index in [4.69, 9.17) is 4.11 Å². The second kappa shape index (κ2) is 19.7. The average Bonchev–Trinajstić information content (AvgIpc) is 0.777. The Labute approximate surface area is 494 Å². The summed E-state index contributed by atoms with van der Waals surface area (Å²) in [7, 11) is 0. The highest BCUT2D eigenvalue weighted by Gasteiger charge is 2.45. The molecule has 2 aliphatic rings. The molecule has 0 atom stereocenters. The summed E-state index contributed by atoms with van der Waals surface area (Å²) < 4.78 is 46.4. The van der Waals surface area contributed by atoms with Crippen LogP contribution in [0.2, 0.25) is 0 Å². The van der Waals surface area contributed by atoms with Crippen molar-refractivity contribution in [3.8, 4) is 44.5 Å². The van der Waals surface area contributed by atoms with E-state index >= 15 is 0 Å². The lowest BCUT2D eigenvalue weighted by Crippen LogP contribution is -2.61. The van der Waals surface area contributed by atoms with Crippen molar-refractivity contribution in [3.63, 3.8) is 0 Å². The van der Waals surface area contributed by atoms with Gasteiger partial charge in [0.2, 0.25) is 0 Å². The number of para-hydroxylation sites is 2. The molecular formula is C78H85BN2. The molecular weight excluding hydrogens is 976 g/mol. The molecule has 0 spiro atoms. The molecule has 0 amide bonds. The zero-order chi connectivity index (χ0) is 62.3. The third-order valence-electron chi connectivity index (χ3n) is 17.0. The summed E-state index contributed by atoms with van der Waals surface area (Å²) in [4.78, 5) is 4.87. The number of anilines is 6. The van der Waals surface area contributed by atoms with Crippen molar-refractivity contribution in [2.75, 3.05) is 9.80 Å². The molecule has 11 rings (SSSR count). The summed E-state index contributed by atoms with van der Waals surface area (Å²) in [5.74, 6) is 0. The van der Waals surface area contributed by atoms with E-state index in [1.54, 1.807) is 0 Å². The minimum atomic E-state index is -0.421. The molecule has 0 fully saturated rings. The van der Waals surface area contributed by atoms with Crippen LogP contribution in [-0.2, 0) is 32.5 Å². The molecule has 0 saturated carbocycles. The highest BCUT2D eigenvalue weighted by atomic mass is 15.2. The lowest BCUT2D eigenvalue weighted by atomic mass is 9.33. The summed E-state index contributed by atoms with van der Waals surface area (Å²) in [6.07, 6.45) is 0. The third-order valence-corrected chi connectivity index (χ3v) is 17.0. The summed E-state index contributed by atoms with van der Waals surface area (Å²) in [5.41, 5.74) is 23.0. The van der Waals surface area contributed by atoms with Crippen molar-refractivity contribution in [1.29, 1.82) is 0 Å². The first-order valence-corrected chi connectivity index (χ1v) is 29.3. The van der Waals surface area contributed by atoms with Gasteiger partial charge in [0.25, 0.3) is 6.71 Å². The largest absolute Gasteiger partial charge is 0.311 e. The van der Waals surface area contributed by atoms with E-state index < -0.39 is 6.04 Å². The molecule has 9 aromatic rings. The number of nitrogens with zero attached hydrogens (tertiary/aromatic N) is 2. The number of fused-ring (bicyclic) bond motifs is 4. The SMILES string of the molecule is [2H]c1c([2H])c([2H])c(-c2cc3c4c(c2)N(c2ccccc2-c2cc(C(C)(C)C)cc(C(C)(C)C)c2)c2ccc(C(C)(C)C)cc2B4c2cc(-c4ccccc4C(C)(C)C)ccc2N3c2ccccc2-c2cc(C(C)(C)C)cc(C(C)(C)C)c2)c([2H])c1[2H]. The fourth-order valence-electron chi connectivity index (χ4n) is 12.2. The topological polar surface area (TPSA) is 6.48 Å². The van der Waals surface area contributed by atoms with Gasteiger partial charge in [0.15, 0.2) is 0 Å². The van der Waals surface area contributed by atoms with Crippen LogP contribution in [0.4, 0.5) is 34.1 Å². The number of benzene rings is 9. The van der Waals surface area contributed by atoms with Gasteiger partial charge in [0.05, 0.1) is 18.2 Å². The fourth-order valence-corrected chi connectivity index (χ4v) is 12.2. The van der Waals surface area contributed by atoms with E-state index in [0.717, 1.165) is 72.9 Å². The first-order chi connectivity index (χ1) is 40.0. The Balaban J connectivity index is 1.34. The molecule has 0 radical (unpaired) electrons. The van der Waals surface area contributed by atoms with Gasteiger partial charge in [-0.3, -0.25) is 0 Å². The zero-order valence-corrected chi connectivity index (χ0v) is 51.5. The highest BCUT2D eigenvalue weighted by molar-refractivity contribution is 7.00. The standard InChI is InChI=1S/C78H85BN2/c1-73(2,3)55-37-39-69-65(49-55)79-64-44-51(60-30-22-25-33-63(60)78(16,17)18)36-38-68(64)80(66-34-26-23-31-61(66)53-40-56(74(4,5)6)47-57(41-53)75(7,8)9)70-45-52(50-28-20-19-21-29-50)46-71(72(70)79)81(69)67-35-27-24-32-62(67)54-42-58(76(10,11)12)48-59(43-54)77(13,14)15/h19-49H,1-18H3/i19D,20D,21D,28D,29D. The molecule has 2 heterocycles. The van der Waals surface area contributed by atoms with Crippen LogP contribution in [0, 0.1) is 0 Å². The first kappa shape index (κ1) is 49.5. The highest BCUT2D eigenvalue weighted by Crippen LogP contribution is 2.51. The van der Waals surface area contributed by atoms with Crippen molar-refractivity contribution >= 4 is 57.2 Å². The van der Waals surface area contributed by atoms with E-state index in [9.17, 15) is 2.74 Å². The molecule has 0 bridgehead atoms. The van der Waals surface area contributed by atoms with E-state index in [1.807, 2.05) is 0 Å². The van der Waals surface area contributed by atoms with Crippen molar-refractivity contribution < 1.29 is 6.85 Å². The monoisotopic (exact) mass is 1070 g/mol.